The van der Waals surface area contributed by atoms with Crippen molar-refractivity contribution in [3.63, 3.8) is 0 Å². The molecule has 0 spiro atoms. The van der Waals surface area contributed by atoms with Gasteiger partial charge in [0.05, 0.1) is 13.2 Å². The van der Waals surface area contributed by atoms with Crippen LogP contribution in [0.25, 0.3) is 26.5 Å². The van der Waals surface area contributed by atoms with Crippen LogP contribution in [-0.4, -0.2) is 11.6 Å². The fraction of sp³-hybridized carbons (Fsp3) is 0.222. The molecule has 0 saturated carbocycles. The minimum Gasteiger partial charge on any atom is -0.493 e. The molecule has 2 aromatic carbocycles. The molecule has 3 nitrogen and oxygen atoms in total. The number of benzene rings is 2. The zero-order valence-electron chi connectivity index (χ0n) is 12.2. The van der Waals surface area contributed by atoms with Gasteiger partial charge < -0.3 is 9.72 Å². The van der Waals surface area contributed by atoms with E-state index in [4.69, 9.17) is 11.3 Å². The Morgan fingerprint density at radius 3 is 2.95 bits per heavy atom. The van der Waals surface area contributed by atoms with Crippen LogP contribution < -0.4 is 4.74 Å². The molecule has 4 rings (SSSR count). The molecule has 4 heteroatoms. The second-order valence-corrected chi connectivity index (χ2v) is 6.04. The summed E-state index contributed by atoms with van der Waals surface area (Å²) in [4.78, 5) is 8.30. The molecule has 2 heterocycles. The van der Waals surface area contributed by atoms with E-state index >= 15 is 0 Å². The molecule has 1 aliphatic heterocycles. The van der Waals surface area contributed by atoms with Gasteiger partial charge in [0.2, 0.25) is 0 Å². The van der Waals surface area contributed by atoms with Gasteiger partial charge in [0.25, 0.3) is 0 Å². The molecule has 0 N–H and O–H groups in total. The molecule has 111 valence electrons. The topological polar surface area (TPSA) is 26.5 Å². The number of ether oxygens (including phenoxy) is 1. The van der Waals surface area contributed by atoms with Gasteiger partial charge in [0, 0.05) is 37.3 Å². The van der Waals surface area contributed by atoms with Crippen LogP contribution in [0.4, 0.5) is 5.69 Å². The Bertz CT molecular complexity index is 941. The summed E-state index contributed by atoms with van der Waals surface area (Å²) >= 11 is 0. The summed E-state index contributed by atoms with van der Waals surface area (Å²) in [5, 5.41) is 2.70. The van der Waals surface area contributed by atoms with Gasteiger partial charge in [-0.1, -0.05) is 19.9 Å². The van der Waals surface area contributed by atoms with Crippen LogP contribution in [-0.2, 0) is 25.5 Å². The van der Waals surface area contributed by atoms with Crippen LogP contribution in [0.1, 0.15) is 19.4 Å². The standard InChI is InChI=1S/C18H13N2O.Ir/c1-18(2)10-21-17-13-8-15(19-3)11-6-4-5-7-12(11)16(13)20-9-14(17)18;/h4-6,8-9H,10H2,1-2H3;/q-1;. The van der Waals surface area contributed by atoms with Gasteiger partial charge >= 0.3 is 0 Å². The molecular formula is C18H13IrN2O-. The van der Waals surface area contributed by atoms with Crippen molar-refractivity contribution in [2.75, 3.05) is 6.61 Å². The Hall–Kier alpha value is -1.95. The Morgan fingerprint density at radius 1 is 1.36 bits per heavy atom. The van der Waals surface area contributed by atoms with Crippen LogP contribution in [0.3, 0.4) is 0 Å². The predicted octanol–water partition coefficient (Wildman–Crippen LogP) is 4.41. The van der Waals surface area contributed by atoms with Crippen molar-refractivity contribution in [2.24, 2.45) is 0 Å². The first kappa shape index (κ1) is 15.0. The summed E-state index contributed by atoms with van der Waals surface area (Å²) in [5.74, 6) is 0.869. The summed E-state index contributed by atoms with van der Waals surface area (Å²) in [6.45, 7) is 12.4. The van der Waals surface area contributed by atoms with E-state index < -0.39 is 0 Å². The van der Waals surface area contributed by atoms with Crippen molar-refractivity contribution >= 4 is 27.4 Å². The predicted molar refractivity (Wildman–Crippen MR) is 82.9 cm³/mol. The van der Waals surface area contributed by atoms with E-state index in [0.717, 1.165) is 33.0 Å². The van der Waals surface area contributed by atoms with E-state index in [2.05, 4.69) is 29.7 Å². The van der Waals surface area contributed by atoms with Gasteiger partial charge in [-0.05, 0) is 10.9 Å². The Labute approximate surface area is 142 Å². The van der Waals surface area contributed by atoms with Gasteiger partial charge in [-0.25, -0.2) is 4.85 Å². The minimum atomic E-state index is -0.0375. The number of rotatable bonds is 0. The molecule has 1 radical (unpaired) electrons. The van der Waals surface area contributed by atoms with Crippen LogP contribution in [0.5, 0.6) is 5.75 Å². The maximum absolute atomic E-state index is 7.43. The van der Waals surface area contributed by atoms with Gasteiger partial charge in [-0.15, -0.1) is 35.0 Å². The molecule has 0 unspecified atom stereocenters. The zero-order valence-corrected chi connectivity index (χ0v) is 14.6. The fourth-order valence-electron chi connectivity index (χ4n) is 2.96. The third-order valence-electron chi connectivity index (χ3n) is 4.14. The molecule has 1 aromatic heterocycles. The Morgan fingerprint density at radius 2 is 2.18 bits per heavy atom. The number of hydrogen-bond acceptors (Lipinski definition) is 2. The van der Waals surface area contributed by atoms with E-state index in [1.165, 1.54) is 0 Å². The maximum atomic E-state index is 7.43. The summed E-state index contributed by atoms with van der Waals surface area (Å²) in [7, 11) is 0. The van der Waals surface area contributed by atoms with E-state index in [1.807, 2.05) is 30.5 Å². The fourth-order valence-corrected chi connectivity index (χ4v) is 2.96. The van der Waals surface area contributed by atoms with Crippen molar-refractivity contribution in [1.29, 1.82) is 0 Å². The van der Waals surface area contributed by atoms with Crippen molar-refractivity contribution in [3.05, 3.63) is 53.5 Å². The zero-order chi connectivity index (χ0) is 14.6. The molecule has 0 bridgehead atoms. The molecule has 0 saturated heterocycles. The van der Waals surface area contributed by atoms with Gasteiger partial charge in [0.15, 0.2) is 5.69 Å². The van der Waals surface area contributed by atoms with E-state index in [-0.39, 0.29) is 25.5 Å². The third kappa shape index (κ3) is 1.94. The number of aromatic nitrogens is 1. The largest absolute Gasteiger partial charge is 0.493 e. The average molecular weight is 466 g/mol. The number of hydrogen-bond donors (Lipinski definition) is 0. The molecule has 0 amide bonds. The van der Waals surface area contributed by atoms with Gasteiger partial charge in [-0.3, -0.25) is 0 Å². The molecule has 22 heavy (non-hydrogen) atoms. The van der Waals surface area contributed by atoms with Crippen LogP contribution in [0.15, 0.2) is 30.5 Å². The van der Waals surface area contributed by atoms with Crippen molar-refractivity contribution in [2.45, 2.75) is 19.3 Å². The van der Waals surface area contributed by atoms with Crippen molar-refractivity contribution < 1.29 is 24.8 Å². The van der Waals surface area contributed by atoms with Crippen molar-refractivity contribution in [3.8, 4) is 5.75 Å². The third-order valence-corrected chi connectivity index (χ3v) is 4.14. The first-order chi connectivity index (χ1) is 10.1. The minimum absolute atomic E-state index is 0. The first-order valence-electron chi connectivity index (χ1n) is 6.89. The maximum Gasteiger partial charge on any atom is 0.154 e. The quantitative estimate of drug-likeness (QED) is 0.363. The normalized spacial score (nSPS) is 15.0. The summed E-state index contributed by atoms with van der Waals surface area (Å²) < 4.78 is 5.92. The van der Waals surface area contributed by atoms with Crippen molar-refractivity contribution in [1.82, 2.24) is 4.98 Å². The second-order valence-electron chi connectivity index (χ2n) is 6.04. The molecule has 3 aromatic rings. The number of nitrogens with zero attached hydrogens (tertiary/aromatic N) is 2. The monoisotopic (exact) mass is 466 g/mol. The second kappa shape index (κ2) is 5.05. The smallest absolute Gasteiger partial charge is 0.154 e. The molecule has 1 aliphatic rings. The number of pyridine rings is 1. The van der Waals surface area contributed by atoms with E-state index in [9.17, 15) is 0 Å². The SMILES string of the molecule is [C-]#[N+]c1cc2c3c(cnc2c2[c-]cccc12)C(C)(C)CO3.[Ir]. The molecule has 0 atom stereocenters. The first-order valence-corrected chi connectivity index (χ1v) is 6.89. The molecular weight excluding hydrogens is 452 g/mol. The van der Waals surface area contributed by atoms with Crippen LogP contribution >= 0.6 is 0 Å². The summed E-state index contributed by atoms with van der Waals surface area (Å²) in [6.07, 6.45) is 1.91. The summed E-state index contributed by atoms with van der Waals surface area (Å²) in [6, 6.07) is 10.8. The van der Waals surface area contributed by atoms with Crippen LogP contribution in [0.2, 0.25) is 0 Å². The Kier molecular flexibility index (Phi) is 3.44. The number of fused-ring (bicyclic) bond motifs is 5. The van der Waals surface area contributed by atoms with Crippen LogP contribution in [0, 0.1) is 12.6 Å². The summed E-state index contributed by atoms with van der Waals surface area (Å²) in [5.41, 5.74) is 2.55. The van der Waals surface area contributed by atoms with E-state index in [1.54, 1.807) is 0 Å². The van der Waals surface area contributed by atoms with Gasteiger partial charge in [0.1, 0.15) is 5.75 Å². The van der Waals surface area contributed by atoms with E-state index in [0.29, 0.717) is 12.3 Å². The van der Waals surface area contributed by atoms with Gasteiger partial charge in [-0.2, -0.15) is 0 Å². The molecule has 0 aliphatic carbocycles. The average Bonchev–Trinajstić information content (AvgIpc) is 2.82. The Balaban J connectivity index is 0.00000144. The molecule has 0 fully saturated rings.